The van der Waals surface area contributed by atoms with E-state index in [0.29, 0.717) is 28.5 Å². The van der Waals surface area contributed by atoms with Crippen LogP contribution in [0, 0.1) is 6.92 Å². The van der Waals surface area contributed by atoms with Crippen LogP contribution in [0.1, 0.15) is 27.8 Å². The van der Waals surface area contributed by atoms with Crippen molar-refractivity contribution in [1.29, 1.82) is 0 Å². The van der Waals surface area contributed by atoms with Gasteiger partial charge in [0.1, 0.15) is 0 Å². The number of rotatable bonds is 4. The van der Waals surface area contributed by atoms with Gasteiger partial charge in [0.25, 0.3) is 11.8 Å². The maximum absolute atomic E-state index is 12.7. The largest absolute Gasteiger partial charge is 0.334 e. The molecule has 1 unspecified atom stereocenters. The Hall–Kier alpha value is -2.74. The minimum absolute atomic E-state index is 0. The van der Waals surface area contributed by atoms with Crippen LogP contribution in [0.5, 0.6) is 0 Å². The fourth-order valence-corrected chi connectivity index (χ4v) is 3.33. The number of aromatic nitrogens is 2. The second-order valence-electron chi connectivity index (χ2n) is 7.03. The van der Waals surface area contributed by atoms with Crippen LogP contribution in [0.4, 0.5) is 5.69 Å². The smallest absolute Gasteiger partial charge is 0.260 e. The number of carbonyl (C=O) groups is 1. The number of halogens is 1. The Bertz CT molecular complexity index is 990. The summed E-state index contributed by atoms with van der Waals surface area (Å²) < 4.78 is 5.53. The van der Waals surface area contributed by atoms with Crippen molar-refractivity contribution >= 4 is 24.0 Å². The van der Waals surface area contributed by atoms with E-state index in [9.17, 15) is 4.79 Å². The molecule has 1 aliphatic heterocycles. The SMILES string of the molecule is Cc1cccc(C(=O)Nc2ccccc2-c2nc(C3CNCCN3C)no2)c1.Cl. The van der Waals surface area contributed by atoms with Gasteiger partial charge in [-0.05, 0) is 38.2 Å². The zero-order valence-electron chi connectivity index (χ0n) is 16.4. The first-order chi connectivity index (χ1) is 13.6. The summed E-state index contributed by atoms with van der Waals surface area (Å²) >= 11 is 0. The molecule has 0 saturated carbocycles. The van der Waals surface area contributed by atoms with Crippen LogP contribution in [0.25, 0.3) is 11.5 Å². The zero-order valence-corrected chi connectivity index (χ0v) is 17.2. The molecule has 7 nitrogen and oxygen atoms in total. The number of piperazine rings is 1. The molecule has 8 heteroatoms. The first kappa shape index (κ1) is 21.0. The van der Waals surface area contributed by atoms with Crippen molar-refractivity contribution in [2.45, 2.75) is 13.0 Å². The van der Waals surface area contributed by atoms with Gasteiger partial charge >= 0.3 is 0 Å². The molecule has 2 heterocycles. The number of hydrogen-bond acceptors (Lipinski definition) is 6. The average Bonchev–Trinajstić information content (AvgIpc) is 3.18. The molecular formula is C21H24ClN5O2. The second-order valence-corrected chi connectivity index (χ2v) is 7.03. The number of nitrogens with zero attached hydrogens (tertiary/aromatic N) is 3. The molecule has 1 aliphatic rings. The lowest BCUT2D eigenvalue weighted by Crippen LogP contribution is -2.44. The first-order valence-corrected chi connectivity index (χ1v) is 9.34. The number of anilines is 1. The van der Waals surface area contributed by atoms with Gasteiger partial charge in [0, 0.05) is 25.2 Å². The molecule has 152 valence electrons. The van der Waals surface area contributed by atoms with E-state index in [1.54, 1.807) is 6.07 Å². The van der Waals surface area contributed by atoms with Crippen LogP contribution in [0.15, 0.2) is 53.1 Å². The lowest BCUT2D eigenvalue weighted by molar-refractivity contribution is 0.102. The average molecular weight is 414 g/mol. The zero-order chi connectivity index (χ0) is 19.5. The van der Waals surface area contributed by atoms with Gasteiger partial charge in [-0.25, -0.2) is 0 Å². The normalized spacial score (nSPS) is 16.8. The maximum atomic E-state index is 12.7. The molecule has 2 N–H and O–H groups in total. The van der Waals surface area contributed by atoms with Crippen molar-refractivity contribution in [3.05, 3.63) is 65.5 Å². The van der Waals surface area contributed by atoms with Gasteiger partial charge in [0.15, 0.2) is 5.82 Å². The molecule has 29 heavy (non-hydrogen) atoms. The molecule has 1 aromatic heterocycles. The number of amides is 1. The highest BCUT2D eigenvalue weighted by atomic mass is 35.5. The third kappa shape index (κ3) is 4.64. The van der Waals surface area contributed by atoms with Crippen molar-refractivity contribution in [1.82, 2.24) is 20.4 Å². The molecule has 1 atom stereocenters. The van der Waals surface area contributed by atoms with Crippen molar-refractivity contribution < 1.29 is 9.32 Å². The lowest BCUT2D eigenvalue weighted by atomic mass is 10.1. The Labute approximate surface area is 175 Å². The molecule has 1 saturated heterocycles. The second kappa shape index (κ2) is 9.17. The maximum Gasteiger partial charge on any atom is 0.260 e. The summed E-state index contributed by atoms with van der Waals surface area (Å²) in [4.78, 5) is 19.5. The van der Waals surface area contributed by atoms with Gasteiger partial charge in [-0.3, -0.25) is 9.69 Å². The third-order valence-electron chi connectivity index (χ3n) is 4.94. The number of para-hydroxylation sites is 1. The van der Waals surface area contributed by atoms with E-state index in [2.05, 4.69) is 32.7 Å². The number of aryl methyl sites for hydroxylation is 1. The van der Waals surface area contributed by atoms with Gasteiger partial charge in [0.05, 0.1) is 17.3 Å². The molecule has 3 aromatic rings. The summed E-state index contributed by atoms with van der Waals surface area (Å²) in [5.41, 5.74) is 2.98. The lowest BCUT2D eigenvalue weighted by Gasteiger charge is -2.30. The molecular weight excluding hydrogens is 390 g/mol. The van der Waals surface area contributed by atoms with E-state index in [-0.39, 0.29) is 24.4 Å². The van der Waals surface area contributed by atoms with Crippen molar-refractivity contribution in [3.8, 4) is 11.5 Å². The van der Waals surface area contributed by atoms with Crippen LogP contribution in [-0.2, 0) is 0 Å². The van der Waals surface area contributed by atoms with Crippen molar-refractivity contribution in [2.24, 2.45) is 0 Å². The van der Waals surface area contributed by atoms with E-state index in [0.717, 1.165) is 25.2 Å². The summed E-state index contributed by atoms with van der Waals surface area (Å²) in [5.74, 6) is 0.866. The summed E-state index contributed by atoms with van der Waals surface area (Å²) in [5, 5.41) is 10.5. The molecule has 0 radical (unpaired) electrons. The highest BCUT2D eigenvalue weighted by molar-refractivity contribution is 6.06. The van der Waals surface area contributed by atoms with E-state index in [1.807, 2.05) is 49.4 Å². The van der Waals surface area contributed by atoms with Crippen molar-refractivity contribution in [3.63, 3.8) is 0 Å². The van der Waals surface area contributed by atoms with Gasteiger partial charge in [0.2, 0.25) is 0 Å². The fourth-order valence-electron chi connectivity index (χ4n) is 3.33. The Balaban J connectivity index is 0.00000240. The third-order valence-corrected chi connectivity index (χ3v) is 4.94. The van der Waals surface area contributed by atoms with E-state index < -0.39 is 0 Å². The van der Waals surface area contributed by atoms with Gasteiger partial charge < -0.3 is 15.2 Å². The molecule has 0 spiro atoms. The quantitative estimate of drug-likeness (QED) is 0.682. The van der Waals surface area contributed by atoms with Crippen LogP contribution in [-0.4, -0.2) is 47.6 Å². The van der Waals surface area contributed by atoms with Gasteiger partial charge in [-0.2, -0.15) is 4.98 Å². The first-order valence-electron chi connectivity index (χ1n) is 9.34. The highest BCUT2D eigenvalue weighted by Gasteiger charge is 2.26. The predicted octanol–water partition coefficient (Wildman–Crippen LogP) is 3.30. The predicted molar refractivity (Wildman–Crippen MR) is 114 cm³/mol. The minimum atomic E-state index is -0.174. The summed E-state index contributed by atoms with van der Waals surface area (Å²) in [6.45, 7) is 4.62. The van der Waals surface area contributed by atoms with Crippen molar-refractivity contribution in [2.75, 3.05) is 32.0 Å². The van der Waals surface area contributed by atoms with E-state index in [1.165, 1.54) is 0 Å². The highest BCUT2D eigenvalue weighted by Crippen LogP contribution is 2.29. The standard InChI is InChI=1S/C21H23N5O2.ClH/c1-14-6-5-7-15(12-14)20(27)23-17-9-4-3-8-16(17)21-24-19(25-28-21)18-13-22-10-11-26(18)2;/h3-9,12,18,22H,10-11,13H2,1-2H3,(H,23,27);1H. The monoisotopic (exact) mass is 413 g/mol. The minimum Gasteiger partial charge on any atom is -0.334 e. The molecule has 1 amide bonds. The molecule has 4 rings (SSSR count). The van der Waals surface area contributed by atoms with Crippen LogP contribution < -0.4 is 10.6 Å². The Kier molecular flexibility index (Phi) is 6.64. The summed E-state index contributed by atoms with van der Waals surface area (Å²) in [6.07, 6.45) is 0. The fraction of sp³-hybridized carbons (Fsp3) is 0.286. The van der Waals surface area contributed by atoms with E-state index in [4.69, 9.17) is 4.52 Å². The number of carbonyl (C=O) groups excluding carboxylic acids is 1. The number of hydrogen-bond donors (Lipinski definition) is 2. The van der Waals surface area contributed by atoms with Crippen LogP contribution >= 0.6 is 12.4 Å². The number of likely N-dealkylation sites (N-methyl/N-ethyl adjacent to an activating group) is 1. The molecule has 0 aliphatic carbocycles. The summed E-state index contributed by atoms with van der Waals surface area (Å²) in [6, 6.07) is 15.0. The van der Waals surface area contributed by atoms with Crippen LogP contribution in [0.3, 0.4) is 0 Å². The number of nitrogens with one attached hydrogen (secondary N) is 2. The topological polar surface area (TPSA) is 83.3 Å². The molecule has 1 fully saturated rings. The Morgan fingerprint density at radius 3 is 2.86 bits per heavy atom. The molecule has 2 aromatic carbocycles. The van der Waals surface area contributed by atoms with Gasteiger partial charge in [-0.15, -0.1) is 12.4 Å². The van der Waals surface area contributed by atoms with Crippen LogP contribution in [0.2, 0.25) is 0 Å². The van der Waals surface area contributed by atoms with Gasteiger partial charge in [-0.1, -0.05) is 35.0 Å². The molecule has 0 bridgehead atoms. The Morgan fingerprint density at radius 2 is 2.07 bits per heavy atom. The summed E-state index contributed by atoms with van der Waals surface area (Å²) in [7, 11) is 2.05. The van der Waals surface area contributed by atoms with E-state index >= 15 is 0 Å². The Morgan fingerprint density at radius 1 is 1.24 bits per heavy atom. The number of benzene rings is 2.